The van der Waals surface area contributed by atoms with Gasteiger partial charge < -0.3 is 0 Å². The van der Waals surface area contributed by atoms with Crippen LogP contribution in [0.2, 0.25) is 0 Å². The summed E-state index contributed by atoms with van der Waals surface area (Å²) in [6, 6.07) is 0. The van der Waals surface area contributed by atoms with Gasteiger partial charge in [-0.2, -0.15) is 0 Å². The van der Waals surface area contributed by atoms with Crippen molar-refractivity contribution in [3.8, 4) is 0 Å². The molecule has 1 saturated carbocycles. The predicted molar refractivity (Wildman–Crippen MR) is 51.0 cm³/mol. The molecular weight excluding hydrogens is 148 g/mol. The Morgan fingerprint density at radius 2 is 1.83 bits per heavy atom. The lowest BCUT2D eigenvalue weighted by molar-refractivity contribution is -0.120. The number of carbonyl (C=O) groups is 1. The van der Waals surface area contributed by atoms with Gasteiger partial charge in [-0.05, 0) is 18.3 Å². The normalized spacial score (nSPS) is 33.7. The first-order valence-electron chi connectivity index (χ1n) is 5.22. The molecule has 1 fully saturated rings. The largest absolute Gasteiger partial charge is 0.300 e. The molecule has 1 aliphatic carbocycles. The number of carbonyl (C=O) groups excluding carboxylic acids is 1. The third kappa shape index (κ3) is 2.96. The van der Waals surface area contributed by atoms with E-state index in [4.69, 9.17) is 0 Å². The molecule has 0 aromatic rings. The average molecular weight is 168 g/mol. The monoisotopic (exact) mass is 168 g/mol. The maximum Gasteiger partial charge on any atom is 0.133 e. The highest BCUT2D eigenvalue weighted by atomic mass is 16.1. The highest BCUT2D eigenvalue weighted by Gasteiger charge is 2.17. The van der Waals surface area contributed by atoms with Crippen LogP contribution in [-0.4, -0.2) is 5.78 Å². The van der Waals surface area contributed by atoms with Gasteiger partial charge in [0.2, 0.25) is 0 Å². The number of hydrogen-bond acceptors (Lipinski definition) is 1. The first kappa shape index (κ1) is 9.76. The van der Waals surface area contributed by atoms with Crippen molar-refractivity contribution >= 4 is 5.78 Å². The van der Waals surface area contributed by atoms with Gasteiger partial charge >= 0.3 is 0 Å². The summed E-state index contributed by atoms with van der Waals surface area (Å²) >= 11 is 0. The van der Waals surface area contributed by atoms with Gasteiger partial charge in [0.1, 0.15) is 5.78 Å². The molecule has 0 aromatic heterocycles. The zero-order valence-electron chi connectivity index (χ0n) is 8.31. The van der Waals surface area contributed by atoms with Crippen LogP contribution in [0.3, 0.4) is 0 Å². The molecule has 70 valence electrons. The molecule has 0 amide bonds. The third-order valence-corrected chi connectivity index (χ3v) is 3.14. The van der Waals surface area contributed by atoms with Crippen LogP contribution in [0.1, 0.15) is 52.4 Å². The van der Waals surface area contributed by atoms with Crippen molar-refractivity contribution in [3.63, 3.8) is 0 Å². The molecule has 2 atom stereocenters. The topological polar surface area (TPSA) is 17.1 Å². The minimum Gasteiger partial charge on any atom is -0.300 e. The fourth-order valence-corrected chi connectivity index (χ4v) is 1.91. The SMILES string of the molecule is CC1CCCCCC(=O)CC1C. The molecule has 2 unspecified atom stereocenters. The quantitative estimate of drug-likeness (QED) is 0.543. The van der Waals surface area contributed by atoms with Crippen molar-refractivity contribution in [2.45, 2.75) is 52.4 Å². The number of Topliss-reactive ketones (excluding diaryl/α,β-unsaturated/α-hetero) is 1. The minimum absolute atomic E-state index is 0.483. The second-order valence-corrected chi connectivity index (χ2v) is 4.30. The molecule has 1 aliphatic rings. The first-order valence-corrected chi connectivity index (χ1v) is 5.22. The summed E-state index contributed by atoms with van der Waals surface area (Å²) in [4.78, 5) is 11.3. The van der Waals surface area contributed by atoms with Crippen molar-refractivity contribution < 1.29 is 4.79 Å². The van der Waals surface area contributed by atoms with Crippen LogP contribution in [0, 0.1) is 11.8 Å². The van der Waals surface area contributed by atoms with Crippen molar-refractivity contribution in [2.75, 3.05) is 0 Å². The maximum absolute atomic E-state index is 11.3. The van der Waals surface area contributed by atoms with E-state index in [1.54, 1.807) is 0 Å². The Hall–Kier alpha value is -0.330. The molecule has 12 heavy (non-hydrogen) atoms. The predicted octanol–water partition coefficient (Wildman–Crippen LogP) is 3.18. The lowest BCUT2D eigenvalue weighted by atomic mass is 9.88. The highest BCUT2D eigenvalue weighted by molar-refractivity contribution is 5.78. The van der Waals surface area contributed by atoms with E-state index in [0.29, 0.717) is 11.7 Å². The highest BCUT2D eigenvalue weighted by Crippen LogP contribution is 2.24. The zero-order chi connectivity index (χ0) is 8.97. The van der Waals surface area contributed by atoms with E-state index in [9.17, 15) is 4.79 Å². The Kier molecular flexibility index (Phi) is 3.77. The molecule has 1 heteroatoms. The van der Waals surface area contributed by atoms with E-state index in [1.165, 1.54) is 19.3 Å². The van der Waals surface area contributed by atoms with Crippen molar-refractivity contribution in [2.24, 2.45) is 11.8 Å². The van der Waals surface area contributed by atoms with Crippen molar-refractivity contribution in [1.82, 2.24) is 0 Å². The molecule has 0 spiro atoms. The number of ketones is 1. The van der Waals surface area contributed by atoms with Gasteiger partial charge in [-0.25, -0.2) is 0 Å². The van der Waals surface area contributed by atoms with Gasteiger partial charge in [0, 0.05) is 12.8 Å². The summed E-state index contributed by atoms with van der Waals surface area (Å²) in [6.07, 6.45) is 6.66. The second kappa shape index (κ2) is 4.64. The molecule has 1 nitrogen and oxygen atoms in total. The van der Waals surface area contributed by atoms with Crippen LogP contribution >= 0.6 is 0 Å². The van der Waals surface area contributed by atoms with Gasteiger partial charge in [0.15, 0.2) is 0 Å². The molecule has 0 bridgehead atoms. The van der Waals surface area contributed by atoms with Crippen LogP contribution in [0.15, 0.2) is 0 Å². The molecule has 0 aliphatic heterocycles. The maximum atomic E-state index is 11.3. The Labute approximate surface area is 75.5 Å². The number of hydrogen-bond donors (Lipinski definition) is 0. The third-order valence-electron chi connectivity index (χ3n) is 3.14. The van der Waals surface area contributed by atoms with Crippen LogP contribution in [0.25, 0.3) is 0 Å². The second-order valence-electron chi connectivity index (χ2n) is 4.30. The van der Waals surface area contributed by atoms with Crippen molar-refractivity contribution in [3.05, 3.63) is 0 Å². The molecule has 0 radical (unpaired) electrons. The molecule has 0 N–H and O–H groups in total. The fraction of sp³-hybridized carbons (Fsp3) is 0.909. The van der Waals surface area contributed by atoms with Gasteiger partial charge in [0.25, 0.3) is 0 Å². The Bertz CT molecular complexity index is 151. The van der Waals surface area contributed by atoms with Crippen LogP contribution < -0.4 is 0 Å². The average Bonchev–Trinajstić information content (AvgIpc) is 2.07. The van der Waals surface area contributed by atoms with Crippen LogP contribution in [-0.2, 0) is 4.79 Å². The Morgan fingerprint density at radius 1 is 1.08 bits per heavy atom. The van der Waals surface area contributed by atoms with Gasteiger partial charge in [0.05, 0.1) is 0 Å². The van der Waals surface area contributed by atoms with Gasteiger partial charge in [-0.3, -0.25) is 4.79 Å². The summed E-state index contributed by atoms with van der Waals surface area (Å²) in [5, 5.41) is 0. The molecule has 0 aromatic carbocycles. The molecule has 0 saturated heterocycles. The van der Waals surface area contributed by atoms with Crippen LogP contribution in [0.5, 0.6) is 0 Å². The molecule has 1 rings (SSSR count). The standard InChI is InChI=1S/C11H20O/c1-9-6-4-3-5-7-11(12)8-10(9)2/h9-10H,3-8H2,1-2H3. The molecule has 0 heterocycles. The first-order chi connectivity index (χ1) is 5.70. The smallest absolute Gasteiger partial charge is 0.133 e. The van der Waals surface area contributed by atoms with Gasteiger partial charge in [-0.15, -0.1) is 0 Å². The summed E-state index contributed by atoms with van der Waals surface area (Å²) in [5.41, 5.74) is 0. The summed E-state index contributed by atoms with van der Waals surface area (Å²) in [7, 11) is 0. The number of rotatable bonds is 0. The van der Waals surface area contributed by atoms with Crippen molar-refractivity contribution in [1.29, 1.82) is 0 Å². The van der Waals surface area contributed by atoms with Gasteiger partial charge in [-0.1, -0.05) is 33.1 Å². The van der Waals surface area contributed by atoms with E-state index in [1.807, 2.05) is 0 Å². The summed E-state index contributed by atoms with van der Waals surface area (Å²) < 4.78 is 0. The van der Waals surface area contributed by atoms with E-state index in [2.05, 4.69) is 13.8 Å². The summed E-state index contributed by atoms with van der Waals surface area (Å²) in [5.74, 6) is 1.83. The minimum atomic E-state index is 0.483. The lowest BCUT2D eigenvalue weighted by Crippen LogP contribution is -2.11. The fourth-order valence-electron chi connectivity index (χ4n) is 1.91. The lowest BCUT2D eigenvalue weighted by Gasteiger charge is -2.17. The Morgan fingerprint density at radius 3 is 2.58 bits per heavy atom. The molecular formula is C11H20O. The van der Waals surface area contributed by atoms with E-state index in [0.717, 1.165) is 25.2 Å². The van der Waals surface area contributed by atoms with E-state index < -0.39 is 0 Å². The Balaban J connectivity index is 2.46. The van der Waals surface area contributed by atoms with E-state index in [-0.39, 0.29) is 0 Å². The van der Waals surface area contributed by atoms with Crippen LogP contribution in [0.4, 0.5) is 0 Å². The van der Waals surface area contributed by atoms with E-state index >= 15 is 0 Å². The summed E-state index contributed by atoms with van der Waals surface area (Å²) in [6.45, 7) is 4.50. The zero-order valence-corrected chi connectivity index (χ0v) is 8.31.